The van der Waals surface area contributed by atoms with Crippen LogP contribution in [0.3, 0.4) is 0 Å². The second-order valence-corrected chi connectivity index (χ2v) is 4.09. The summed E-state index contributed by atoms with van der Waals surface area (Å²) in [6.45, 7) is 3.50. The fourth-order valence-electron chi connectivity index (χ4n) is 1.19. The number of thiophene rings is 1. The standard InChI is InChI=1S/C8H8N2O2S/c1-4-3-6-7(13-4)9-5(2)10(12)8(6)11/h3,12H,1-2H3. The van der Waals surface area contributed by atoms with E-state index < -0.39 is 5.56 Å². The van der Waals surface area contributed by atoms with Crippen LogP contribution in [0.25, 0.3) is 10.2 Å². The first-order chi connectivity index (χ1) is 6.09. The van der Waals surface area contributed by atoms with Gasteiger partial charge in [-0.05, 0) is 19.9 Å². The van der Waals surface area contributed by atoms with Crippen molar-refractivity contribution in [3.8, 4) is 0 Å². The van der Waals surface area contributed by atoms with Crippen molar-refractivity contribution in [2.24, 2.45) is 0 Å². The molecule has 0 unspecified atom stereocenters. The summed E-state index contributed by atoms with van der Waals surface area (Å²) in [4.78, 5) is 17.2. The van der Waals surface area contributed by atoms with Gasteiger partial charge in [-0.1, -0.05) is 0 Å². The van der Waals surface area contributed by atoms with Gasteiger partial charge in [-0.3, -0.25) is 4.79 Å². The molecule has 1 N–H and O–H groups in total. The lowest BCUT2D eigenvalue weighted by molar-refractivity contribution is 0.166. The number of hydrogen-bond donors (Lipinski definition) is 1. The Morgan fingerprint density at radius 3 is 2.92 bits per heavy atom. The average Bonchev–Trinajstić information content (AvgIpc) is 2.42. The molecule has 0 saturated carbocycles. The molecule has 0 aliphatic carbocycles. The van der Waals surface area contributed by atoms with E-state index in [0.29, 0.717) is 20.8 Å². The molecule has 0 amide bonds. The number of aromatic nitrogens is 2. The summed E-state index contributed by atoms with van der Waals surface area (Å²) in [7, 11) is 0. The molecule has 2 heterocycles. The van der Waals surface area contributed by atoms with E-state index in [2.05, 4.69) is 4.98 Å². The Hall–Kier alpha value is -1.36. The Balaban J connectivity index is 3.01. The molecule has 13 heavy (non-hydrogen) atoms. The molecule has 2 aromatic rings. The summed E-state index contributed by atoms with van der Waals surface area (Å²) in [5, 5.41) is 9.74. The van der Waals surface area contributed by atoms with Crippen LogP contribution in [-0.2, 0) is 0 Å². The van der Waals surface area contributed by atoms with Crippen LogP contribution in [0.2, 0.25) is 0 Å². The van der Waals surface area contributed by atoms with Crippen LogP contribution in [0.1, 0.15) is 10.7 Å². The molecule has 0 spiro atoms. The molecule has 0 atom stereocenters. The Morgan fingerprint density at radius 1 is 1.54 bits per heavy atom. The lowest BCUT2D eigenvalue weighted by atomic mass is 10.4. The van der Waals surface area contributed by atoms with Crippen molar-refractivity contribution in [2.75, 3.05) is 0 Å². The third kappa shape index (κ3) is 1.12. The predicted octanol–water partition coefficient (Wildman–Crippen LogP) is 1.31. The number of aryl methyl sites for hydroxylation is 2. The van der Waals surface area contributed by atoms with Crippen molar-refractivity contribution in [1.82, 2.24) is 9.71 Å². The highest BCUT2D eigenvalue weighted by Crippen LogP contribution is 2.19. The van der Waals surface area contributed by atoms with E-state index in [0.717, 1.165) is 4.88 Å². The van der Waals surface area contributed by atoms with Gasteiger partial charge in [0.15, 0.2) is 0 Å². The fourth-order valence-corrected chi connectivity index (χ4v) is 2.11. The third-order valence-corrected chi connectivity index (χ3v) is 2.77. The highest BCUT2D eigenvalue weighted by atomic mass is 32.1. The zero-order valence-corrected chi connectivity index (χ0v) is 8.05. The second-order valence-electron chi connectivity index (χ2n) is 2.85. The monoisotopic (exact) mass is 196 g/mol. The zero-order valence-electron chi connectivity index (χ0n) is 7.24. The highest BCUT2D eigenvalue weighted by molar-refractivity contribution is 7.18. The predicted molar refractivity (Wildman–Crippen MR) is 50.5 cm³/mol. The largest absolute Gasteiger partial charge is 0.424 e. The number of nitrogens with zero attached hydrogens (tertiary/aromatic N) is 2. The summed E-state index contributed by atoms with van der Waals surface area (Å²) in [5.74, 6) is 0.319. The van der Waals surface area contributed by atoms with Gasteiger partial charge in [0, 0.05) is 4.88 Å². The van der Waals surface area contributed by atoms with Crippen LogP contribution < -0.4 is 5.56 Å². The minimum Gasteiger partial charge on any atom is -0.424 e. The van der Waals surface area contributed by atoms with Crippen molar-refractivity contribution < 1.29 is 5.21 Å². The Bertz CT molecular complexity index is 527. The molecule has 0 fully saturated rings. The van der Waals surface area contributed by atoms with Gasteiger partial charge in [0.25, 0.3) is 5.56 Å². The molecule has 0 bridgehead atoms. The molecule has 0 aliphatic rings. The Kier molecular flexibility index (Phi) is 1.63. The second kappa shape index (κ2) is 2.56. The van der Waals surface area contributed by atoms with E-state index in [9.17, 15) is 10.0 Å². The summed E-state index contributed by atoms with van der Waals surface area (Å²) in [6, 6.07) is 1.74. The summed E-state index contributed by atoms with van der Waals surface area (Å²) >= 11 is 1.45. The summed E-state index contributed by atoms with van der Waals surface area (Å²) in [6.07, 6.45) is 0. The van der Waals surface area contributed by atoms with Crippen LogP contribution in [0.5, 0.6) is 0 Å². The molecular formula is C8H8N2O2S. The minimum absolute atomic E-state index is 0.319. The van der Waals surface area contributed by atoms with Gasteiger partial charge in [0.05, 0.1) is 5.39 Å². The maximum Gasteiger partial charge on any atom is 0.294 e. The van der Waals surface area contributed by atoms with Gasteiger partial charge in [-0.2, -0.15) is 0 Å². The molecule has 0 aromatic carbocycles. The fraction of sp³-hybridized carbons (Fsp3) is 0.250. The molecule has 5 heteroatoms. The highest BCUT2D eigenvalue weighted by Gasteiger charge is 2.08. The first-order valence-electron chi connectivity index (χ1n) is 3.78. The van der Waals surface area contributed by atoms with E-state index in [1.54, 1.807) is 13.0 Å². The lowest BCUT2D eigenvalue weighted by Crippen LogP contribution is -2.20. The first kappa shape index (κ1) is 8.25. The van der Waals surface area contributed by atoms with Crippen LogP contribution >= 0.6 is 11.3 Å². The lowest BCUT2D eigenvalue weighted by Gasteiger charge is -1.98. The Morgan fingerprint density at radius 2 is 2.23 bits per heavy atom. The van der Waals surface area contributed by atoms with Crippen molar-refractivity contribution in [3.05, 3.63) is 27.1 Å². The third-order valence-electron chi connectivity index (χ3n) is 1.83. The van der Waals surface area contributed by atoms with Gasteiger partial charge in [0.1, 0.15) is 10.7 Å². The molecule has 4 nitrogen and oxygen atoms in total. The van der Waals surface area contributed by atoms with Crippen LogP contribution in [0.4, 0.5) is 0 Å². The molecular weight excluding hydrogens is 188 g/mol. The first-order valence-corrected chi connectivity index (χ1v) is 4.60. The van der Waals surface area contributed by atoms with E-state index in [1.165, 1.54) is 11.3 Å². The maximum atomic E-state index is 11.4. The van der Waals surface area contributed by atoms with E-state index >= 15 is 0 Å². The van der Waals surface area contributed by atoms with Crippen LogP contribution in [-0.4, -0.2) is 14.9 Å². The van der Waals surface area contributed by atoms with Crippen molar-refractivity contribution in [2.45, 2.75) is 13.8 Å². The number of rotatable bonds is 0. The van der Waals surface area contributed by atoms with Gasteiger partial charge < -0.3 is 5.21 Å². The molecule has 0 aliphatic heterocycles. The number of hydrogen-bond acceptors (Lipinski definition) is 4. The van der Waals surface area contributed by atoms with Crippen molar-refractivity contribution >= 4 is 21.6 Å². The normalized spacial score (nSPS) is 10.9. The molecule has 2 rings (SSSR count). The van der Waals surface area contributed by atoms with Gasteiger partial charge in [-0.15, -0.1) is 16.1 Å². The summed E-state index contributed by atoms with van der Waals surface area (Å²) < 4.78 is 0.578. The molecule has 2 aromatic heterocycles. The molecule has 68 valence electrons. The molecule has 0 radical (unpaired) electrons. The van der Waals surface area contributed by atoms with E-state index in [-0.39, 0.29) is 0 Å². The quantitative estimate of drug-likeness (QED) is 0.646. The molecule has 0 saturated heterocycles. The smallest absolute Gasteiger partial charge is 0.294 e. The Labute approximate surface area is 78.0 Å². The average molecular weight is 196 g/mol. The van der Waals surface area contributed by atoms with Crippen LogP contribution in [0.15, 0.2) is 10.9 Å². The maximum absolute atomic E-state index is 11.4. The van der Waals surface area contributed by atoms with E-state index in [1.807, 2.05) is 6.92 Å². The number of fused-ring (bicyclic) bond motifs is 1. The minimum atomic E-state index is -0.396. The van der Waals surface area contributed by atoms with E-state index in [4.69, 9.17) is 0 Å². The SMILES string of the molecule is Cc1cc2c(=O)n(O)c(C)nc2s1. The van der Waals surface area contributed by atoms with Crippen molar-refractivity contribution in [1.29, 1.82) is 0 Å². The van der Waals surface area contributed by atoms with Gasteiger partial charge >= 0.3 is 0 Å². The van der Waals surface area contributed by atoms with Crippen LogP contribution in [0, 0.1) is 13.8 Å². The zero-order chi connectivity index (χ0) is 9.59. The van der Waals surface area contributed by atoms with Crippen molar-refractivity contribution in [3.63, 3.8) is 0 Å². The summed E-state index contributed by atoms with van der Waals surface area (Å²) in [5.41, 5.74) is -0.396. The topological polar surface area (TPSA) is 55.1 Å². The van der Waals surface area contributed by atoms with Gasteiger partial charge in [-0.25, -0.2) is 4.98 Å². The van der Waals surface area contributed by atoms with Gasteiger partial charge in [0.2, 0.25) is 0 Å².